The minimum atomic E-state index is -0.247. The van der Waals surface area contributed by atoms with Crippen LogP contribution >= 0.6 is 0 Å². The van der Waals surface area contributed by atoms with Crippen molar-refractivity contribution in [1.29, 1.82) is 0 Å². The van der Waals surface area contributed by atoms with Crippen LogP contribution in [-0.4, -0.2) is 27.6 Å². The molecule has 0 aliphatic carbocycles. The van der Waals surface area contributed by atoms with Crippen molar-refractivity contribution in [2.24, 2.45) is 0 Å². The maximum absolute atomic E-state index is 12.9. The van der Waals surface area contributed by atoms with Crippen LogP contribution in [0.5, 0.6) is 0 Å². The van der Waals surface area contributed by atoms with Crippen molar-refractivity contribution in [2.75, 3.05) is 6.54 Å². The molecule has 2 amide bonds. The third kappa shape index (κ3) is 3.73. The van der Waals surface area contributed by atoms with Gasteiger partial charge in [0.25, 0.3) is 0 Å². The molecular weight excluding hydrogens is 310 g/mol. The molecule has 0 unspecified atom stereocenters. The highest BCUT2D eigenvalue weighted by Gasteiger charge is 2.33. The summed E-state index contributed by atoms with van der Waals surface area (Å²) in [5.41, 5.74) is 3.41. The van der Waals surface area contributed by atoms with Crippen LogP contribution in [0.3, 0.4) is 0 Å². The van der Waals surface area contributed by atoms with Crippen molar-refractivity contribution < 1.29 is 4.79 Å². The molecule has 0 bridgehead atoms. The van der Waals surface area contributed by atoms with Crippen molar-refractivity contribution >= 4 is 6.03 Å². The van der Waals surface area contributed by atoms with Crippen LogP contribution in [0.15, 0.2) is 42.6 Å². The highest BCUT2D eigenvalue weighted by Crippen LogP contribution is 2.33. The number of hydrogen-bond acceptors (Lipinski definition) is 1. The van der Waals surface area contributed by atoms with E-state index in [1.165, 1.54) is 11.3 Å². The normalized spacial score (nSPS) is 17.5. The zero-order valence-electron chi connectivity index (χ0n) is 15.9. The Balaban J connectivity index is 1.97. The van der Waals surface area contributed by atoms with Gasteiger partial charge in [-0.25, -0.2) is 4.79 Å². The lowest BCUT2D eigenvalue weighted by atomic mass is 9.96. The Morgan fingerprint density at radius 3 is 2.40 bits per heavy atom. The molecule has 4 heteroatoms. The van der Waals surface area contributed by atoms with Gasteiger partial charge in [0.05, 0.1) is 6.04 Å². The Kier molecular flexibility index (Phi) is 4.63. The van der Waals surface area contributed by atoms with Crippen LogP contribution < -0.4 is 5.32 Å². The number of fused-ring (bicyclic) bond motifs is 1. The molecule has 3 rings (SSSR count). The summed E-state index contributed by atoms with van der Waals surface area (Å²) in [5.74, 6) is 0.504. The highest BCUT2D eigenvalue weighted by atomic mass is 16.2. The van der Waals surface area contributed by atoms with Crippen molar-refractivity contribution in [3.8, 4) is 0 Å². The molecule has 0 saturated heterocycles. The average Bonchev–Trinajstić information content (AvgIpc) is 3.00. The Morgan fingerprint density at radius 1 is 1.12 bits per heavy atom. The van der Waals surface area contributed by atoms with E-state index >= 15 is 0 Å². The fraction of sp³-hybridized carbons (Fsp3) is 0.476. The Bertz CT molecular complexity index is 737. The number of urea groups is 1. The van der Waals surface area contributed by atoms with Gasteiger partial charge in [-0.3, -0.25) is 0 Å². The van der Waals surface area contributed by atoms with Gasteiger partial charge in [-0.15, -0.1) is 0 Å². The van der Waals surface area contributed by atoms with Crippen molar-refractivity contribution in [1.82, 2.24) is 14.8 Å². The minimum absolute atomic E-state index is 0.00196. The first kappa shape index (κ1) is 17.6. The molecule has 4 nitrogen and oxygen atoms in total. The molecule has 1 N–H and O–H groups in total. The summed E-state index contributed by atoms with van der Waals surface area (Å²) in [7, 11) is 0. The van der Waals surface area contributed by atoms with Gasteiger partial charge in [0.2, 0.25) is 0 Å². The van der Waals surface area contributed by atoms with E-state index in [-0.39, 0.29) is 17.6 Å². The van der Waals surface area contributed by atoms with E-state index in [0.29, 0.717) is 12.5 Å². The summed E-state index contributed by atoms with van der Waals surface area (Å²) in [4.78, 5) is 14.9. The van der Waals surface area contributed by atoms with Gasteiger partial charge in [-0.1, -0.05) is 38.1 Å². The van der Waals surface area contributed by atoms with Crippen LogP contribution in [-0.2, 0) is 6.54 Å². The second-order valence-electron chi connectivity index (χ2n) is 8.22. The number of aromatic nitrogens is 1. The summed E-state index contributed by atoms with van der Waals surface area (Å²) in [5, 5.41) is 3.12. The van der Waals surface area contributed by atoms with E-state index in [4.69, 9.17) is 0 Å². The first-order valence-corrected chi connectivity index (χ1v) is 9.10. The average molecular weight is 339 g/mol. The predicted molar refractivity (Wildman–Crippen MR) is 102 cm³/mol. The van der Waals surface area contributed by atoms with Crippen molar-refractivity contribution in [3.63, 3.8) is 0 Å². The maximum Gasteiger partial charge on any atom is 0.318 e. The second kappa shape index (κ2) is 6.58. The number of carbonyl (C=O) groups is 1. The molecule has 134 valence electrons. The van der Waals surface area contributed by atoms with Gasteiger partial charge < -0.3 is 14.8 Å². The van der Waals surface area contributed by atoms with E-state index in [0.717, 1.165) is 12.1 Å². The number of rotatable bonds is 2. The molecule has 25 heavy (non-hydrogen) atoms. The topological polar surface area (TPSA) is 37.3 Å². The van der Waals surface area contributed by atoms with Gasteiger partial charge in [-0.2, -0.15) is 0 Å². The molecular formula is C21H29N3O. The second-order valence-corrected chi connectivity index (χ2v) is 8.22. The maximum atomic E-state index is 12.9. The lowest BCUT2D eigenvalue weighted by Crippen LogP contribution is -2.52. The van der Waals surface area contributed by atoms with Crippen molar-refractivity contribution in [2.45, 2.75) is 58.7 Å². The lowest BCUT2D eigenvalue weighted by Gasteiger charge is -2.39. The van der Waals surface area contributed by atoms with Gasteiger partial charge >= 0.3 is 6.03 Å². The van der Waals surface area contributed by atoms with Crippen molar-refractivity contribution in [3.05, 3.63) is 59.4 Å². The largest absolute Gasteiger partial charge is 0.348 e. The molecule has 0 radical (unpaired) electrons. The monoisotopic (exact) mass is 339 g/mol. The number of nitrogens with zero attached hydrogens (tertiary/aromatic N) is 2. The molecule has 1 aliphatic heterocycles. The standard InChI is InChI=1S/C21H29N3O/c1-15(2)16-8-10-17(11-9-16)19-18-7-6-12-23(18)13-14-24(19)20(25)22-21(3,4)5/h6-12,15,19H,13-14H2,1-5H3,(H,22,25)/t19-/m0/s1. The fourth-order valence-corrected chi connectivity index (χ4v) is 3.41. The SMILES string of the molecule is CC(C)c1ccc([C@H]2c3cccn3CCN2C(=O)NC(C)(C)C)cc1. The van der Waals surface area contributed by atoms with E-state index in [1.807, 2.05) is 25.7 Å². The van der Waals surface area contributed by atoms with Crippen LogP contribution in [0, 0.1) is 0 Å². The number of amides is 2. The summed E-state index contributed by atoms with van der Waals surface area (Å²) in [6, 6.07) is 12.8. The minimum Gasteiger partial charge on any atom is -0.348 e. The molecule has 1 aliphatic rings. The molecule has 1 atom stereocenters. The van der Waals surface area contributed by atoms with Crippen LogP contribution in [0.1, 0.15) is 63.4 Å². The number of nitrogens with one attached hydrogen (secondary N) is 1. The molecule has 0 spiro atoms. The van der Waals surface area contributed by atoms with Gasteiger partial charge in [-0.05, 0) is 49.9 Å². The first-order valence-electron chi connectivity index (χ1n) is 9.10. The summed E-state index contributed by atoms with van der Waals surface area (Å²) in [6.45, 7) is 12.0. The quantitative estimate of drug-likeness (QED) is 0.858. The van der Waals surface area contributed by atoms with Gasteiger partial charge in [0, 0.05) is 30.5 Å². The van der Waals surface area contributed by atoms with E-state index in [9.17, 15) is 4.79 Å². The third-order valence-electron chi connectivity index (χ3n) is 4.70. The van der Waals surface area contributed by atoms with Crippen LogP contribution in [0.2, 0.25) is 0 Å². The zero-order chi connectivity index (χ0) is 18.2. The van der Waals surface area contributed by atoms with Gasteiger partial charge in [0.1, 0.15) is 0 Å². The number of hydrogen-bond donors (Lipinski definition) is 1. The Labute approximate surface area is 150 Å². The smallest absolute Gasteiger partial charge is 0.318 e. The summed E-state index contributed by atoms with van der Waals surface area (Å²) in [6.07, 6.45) is 2.10. The number of benzene rings is 1. The molecule has 1 aromatic carbocycles. The molecule has 0 saturated carbocycles. The Morgan fingerprint density at radius 2 is 1.80 bits per heavy atom. The summed E-state index contributed by atoms with van der Waals surface area (Å²) >= 11 is 0. The number of carbonyl (C=O) groups excluding carboxylic acids is 1. The Hall–Kier alpha value is -2.23. The third-order valence-corrected chi connectivity index (χ3v) is 4.70. The molecule has 0 fully saturated rings. The van der Waals surface area contributed by atoms with Crippen LogP contribution in [0.25, 0.3) is 0 Å². The zero-order valence-corrected chi connectivity index (χ0v) is 15.9. The first-order chi connectivity index (χ1) is 11.8. The summed E-state index contributed by atoms with van der Waals surface area (Å²) < 4.78 is 2.25. The van der Waals surface area contributed by atoms with Gasteiger partial charge in [0.15, 0.2) is 0 Å². The highest BCUT2D eigenvalue weighted by molar-refractivity contribution is 5.76. The molecule has 1 aromatic heterocycles. The fourth-order valence-electron chi connectivity index (χ4n) is 3.41. The molecule has 2 aromatic rings. The lowest BCUT2D eigenvalue weighted by molar-refractivity contribution is 0.161. The van der Waals surface area contributed by atoms with E-state index < -0.39 is 0 Å². The van der Waals surface area contributed by atoms with Crippen LogP contribution in [0.4, 0.5) is 4.79 Å². The van der Waals surface area contributed by atoms with E-state index in [2.05, 4.69) is 66.3 Å². The van der Waals surface area contributed by atoms with E-state index in [1.54, 1.807) is 0 Å². The molecule has 2 heterocycles. The predicted octanol–water partition coefficient (Wildman–Crippen LogP) is 4.52.